The molecule has 1 fully saturated rings. The van der Waals surface area contributed by atoms with Crippen LogP contribution < -0.4 is 5.32 Å². The van der Waals surface area contributed by atoms with Gasteiger partial charge in [0, 0.05) is 18.5 Å². The van der Waals surface area contributed by atoms with E-state index in [0.29, 0.717) is 5.92 Å². The second-order valence-electron chi connectivity index (χ2n) is 6.48. The largest absolute Gasteiger partial charge is 0.460 e. The van der Waals surface area contributed by atoms with Gasteiger partial charge in [-0.15, -0.1) is 0 Å². The first-order valence-corrected chi connectivity index (χ1v) is 8.67. The van der Waals surface area contributed by atoms with Gasteiger partial charge in [0.1, 0.15) is 11.3 Å². The standard InChI is InChI=1S/C19H26N2O2/c1-3-20-13-15-8-10-21(11-9-15)19(22)14(2)18-12-16-6-4-5-7-17(16)23-18/h4-7,12,14-15,20H,3,8-11,13H2,1-2H3. The summed E-state index contributed by atoms with van der Waals surface area (Å²) in [6.45, 7) is 7.89. The molecule has 2 heterocycles. The predicted molar refractivity (Wildman–Crippen MR) is 92.5 cm³/mol. The maximum Gasteiger partial charge on any atom is 0.233 e. The number of hydrogen-bond acceptors (Lipinski definition) is 3. The highest BCUT2D eigenvalue weighted by molar-refractivity contribution is 5.85. The first kappa shape index (κ1) is 16.1. The Morgan fingerprint density at radius 3 is 2.78 bits per heavy atom. The van der Waals surface area contributed by atoms with Crippen molar-refractivity contribution in [3.05, 3.63) is 36.1 Å². The normalized spacial score (nSPS) is 17.6. The molecule has 1 unspecified atom stereocenters. The third-order valence-electron chi connectivity index (χ3n) is 4.85. The number of furan rings is 1. The van der Waals surface area contributed by atoms with Crippen molar-refractivity contribution in [3.63, 3.8) is 0 Å². The van der Waals surface area contributed by atoms with E-state index in [4.69, 9.17) is 4.42 Å². The summed E-state index contributed by atoms with van der Waals surface area (Å²) >= 11 is 0. The molecule has 1 atom stereocenters. The lowest BCUT2D eigenvalue weighted by atomic mass is 9.95. The maximum atomic E-state index is 12.7. The lowest BCUT2D eigenvalue weighted by Gasteiger charge is -2.33. The van der Waals surface area contributed by atoms with E-state index in [2.05, 4.69) is 12.2 Å². The van der Waals surface area contributed by atoms with Crippen LogP contribution in [0.15, 0.2) is 34.7 Å². The van der Waals surface area contributed by atoms with E-state index in [1.807, 2.05) is 42.2 Å². The third-order valence-corrected chi connectivity index (χ3v) is 4.85. The second kappa shape index (κ2) is 7.18. The van der Waals surface area contributed by atoms with Crippen LogP contribution in [0.2, 0.25) is 0 Å². The summed E-state index contributed by atoms with van der Waals surface area (Å²) < 4.78 is 5.86. The third kappa shape index (κ3) is 3.58. The monoisotopic (exact) mass is 314 g/mol. The van der Waals surface area contributed by atoms with E-state index in [1.165, 1.54) is 0 Å². The van der Waals surface area contributed by atoms with E-state index >= 15 is 0 Å². The summed E-state index contributed by atoms with van der Waals surface area (Å²) in [5.74, 6) is 1.44. The fraction of sp³-hybridized carbons (Fsp3) is 0.526. The Kier molecular flexibility index (Phi) is 5.01. The van der Waals surface area contributed by atoms with Crippen LogP contribution in [0.3, 0.4) is 0 Å². The molecule has 1 aliphatic rings. The SMILES string of the molecule is CCNCC1CCN(C(=O)C(C)c2cc3ccccc3o2)CC1. The van der Waals surface area contributed by atoms with Crippen molar-refractivity contribution in [2.75, 3.05) is 26.2 Å². The number of piperidine rings is 1. The summed E-state index contributed by atoms with van der Waals surface area (Å²) in [5.41, 5.74) is 0.853. The minimum absolute atomic E-state index is 0.186. The maximum absolute atomic E-state index is 12.7. The van der Waals surface area contributed by atoms with Gasteiger partial charge < -0.3 is 14.6 Å². The van der Waals surface area contributed by atoms with Gasteiger partial charge in [0.2, 0.25) is 5.91 Å². The molecule has 23 heavy (non-hydrogen) atoms. The summed E-state index contributed by atoms with van der Waals surface area (Å²) in [5, 5.41) is 4.47. The number of carbonyl (C=O) groups is 1. The van der Waals surface area contributed by atoms with Gasteiger partial charge in [-0.3, -0.25) is 4.79 Å². The van der Waals surface area contributed by atoms with Gasteiger partial charge in [-0.25, -0.2) is 0 Å². The number of likely N-dealkylation sites (tertiary alicyclic amines) is 1. The average molecular weight is 314 g/mol. The number of benzene rings is 1. The van der Waals surface area contributed by atoms with Crippen LogP contribution in [-0.2, 0) is 4.79 Å². The fourth-order valence-electron chi connectivity index (χ4n) is 3.32. The molecule has 1 aromatic heterocycles. The molecule has 0 radical (unpaired) electrons. The molecule has 1 saturated heterocycles. The van der Waals surface area contributed by atoms with Gasteiger partial charge >= 0.3 is 0 Å². The predicted octanol–water partition coefficient (Wildman–Crippen LogP) is 3.38. The van der Waals surface area contributed by atoms with Crippen LogP contribution in [0.25, 0.3) is 11.0 Å². The van der Waals surface area contributed by atoms with Crippen LogP contribution in [0.5, 0.6) is 0 Å². The quantitative estimate of drug-likeness (QED) is 0.920. The summed E-state index contributed by atoms with van der Waals surface area (Å²) in [6.07, 6.45) is 2.18. The molecular weight excluding hydrogens is 288 g/mol. The number of hydrogen-bond donors (Lipinski definition) is 1. The lowest BCUT2D eigenvalue weighted by Crippen LogP contribution is -2.42. The molecular formula is C19H26N2O2. The highest BCUT2D eigenvalue weighted by Crippen LogP contribution is 2.27. The molecule has 0 aliphatic carbocycles. The molecule has 124 valence electrons. The first-order chi connectivity index (χ1) is 11.2. The van der Waals surface area contributed by atoms with Crippen LogP contribution in [0.1, 0.15) is 38.4 Å². The summed E-state index contributed by atoms with van der Waals surface area (Å²) in [4.78, 5) is 14.7. The molecule has 4 heteroatoms. The first-order valence-electron chi connectivity index (χ1n) is 8.67. The number of carbonyl (C=O) groups excluding carboxylic acids is 1. The van der Waals surface area contributed by atoms with Crippen LogP contribution in [-0.4, -0.2) is 37.0 Å². The number of nitrogens with one attached hydrogen (secondary N) is 1. The molecule has 0 bridgehead atoms. The topological polar surface area (TPSA) is 45.5 Å². The van der Waals surface area contributed by atoms with Crippen molar-refractivity contribution in [2.24, 2.45) is 5.92 Å². The van der Waals surface area contributed by atoms with Crippen molar-refractivity contribution in [2.45, 2.75) is 32.6 Å². The van der Waals surface area contributed by atoms with Gasteiger partial charge in [-0.05, 0) is 50.9 Å². The smallest absolute Gasteiger partial charge is 0.233 e. The molecule has 1 amide bonds. The van der Waals surface area contributed by atoms with Crippen molar-refractivity contribution in [1.29, 1.82) is 0 Å². The zero-order valence-corrected chi connectivity index (χ0v) is 14.0. The second-order valence-corrected chi connectivity index (χ2v) is 6.48. The van der Waals surface area contributed by atoms with Crippen molar-refractivity contribution < 1.29 is 9.21 Å². The fourth-order valence-corrected chi connectivity index (χ4v) is 3.32. The van der Waals surface area contributed by atoms with Gasteiger partial charge in [0.05, 0.1) is 5.92 Å². The van der Waals surface area contributed by atoms with Crippen molar-refractivity contribution in [3.8, 4) is 0 Å². The van der Waals surface area contributed by atoms with E-state index < -0.39 is 0 Å². The minimum atomic E-state index is -0.215. The summed E-state index contributed by atoms with van der Waals surface area (Å²) in [7, 11) is 0. The van der Waals surface area contributed by atoms with Crippen LogP contribution in [0.4, 0.5) is 0 Å². The molecule has 0 saturated carbocycles. The van der Waals surface area contributed by atoms with E-state index in [-0.39, 0.29) is 11.8 Å². The molecule has 0 spiro atoms. The Bertz CT molecular complexity index is 623. The van der Waals surface area contributed by atoms with Crippen molar-refractivity contribution >= 4 is 16.9 Å². The molecule has 3 rings (SSSR count). The van der Waals surface area contributed by atoms with E-state index in [9.17, 15) is 4.79 Å². The van der Waals surface area contributed by atoms with Gasteiger partial charge in [0.25, 0.3) is 0 Å². The Balaban J connectivity index is 1.61. The van der Waals surface area contributed by atoms with Crippen LogP contribution in [0, 0.1) is 5.92 Å². The van der Waals surface area contributed by atoms with E-state index in [0.717, 1.165) is 55.8 Å². The number of nitrogens with zero attached hydrogens (tertiary/aromatic N) is 1. The molecule has 1 aromatic carbocycles. The molecule has 1 aliphatic heterocycles. The Labute approximate surface area is 137 Å². The van der Waals surface area contributed by atoms with Gasteiger partial charge in [-0.2, -0.15) is 0 Å². The zero-order chi connectivity index (χ0) is 16.2. The number of rotatable bonds is 5. The number of fused-ring (bicyclic) bond motifs is 1. The van der Waals surface area contributed by atoms with Gasteiger partial charge in [0.15, 0.2) is 0 Å². The van der Waals surface area contributed by atoms with Gasteiger partial charge in [-0.1, -0.05) is 25.1 Å². The molecule has 4 nitrogen and oxygen atoms in total. The Hall–Kier alpha value is -1.81. The van der Waals surface area contributed by atoms with Crippen molar-refractivity contribution in [1.82, 2.24) is 10.2 Å². The number of amides is 1. The zero-order valence-electron chi connectivity index (χ0n) is 14.0. The average Bonchev–Trinajstić information content (AvgIpc) is 3.03. The van der Waals surface area contributed by atoms with E-state index in [1.54, 1.807) is 0 Å². The minimum Gasteiger partial charge on any atom is -0.460 e. The highest BCUT2D eigenvalue weighted by Gasteiger charge is 2.28. The Morgan fingerprint density at radius 1 is 1.35 bits per heavy atom. The van der Waals surface area contributed by atoms with Crippen LogP contribution >= 0.6 is 0 Å². The lowest BCUT2D eigenvalue weighted by molar-refractivity contribution is -0.134. The highest BCUT2D eigenvalue weighted by atomic mass is 16.3. The summed E-state index contributed by atoms with van der Waals surface area (Å²) in [6, 6.07) is 9.91. The Morgan fingerprint density at radius 2 is 2.09 bits per heavy atom. The molecule has 2 aromatic rings. The number of para-hydroxylation sites is 1. The molecule has 1 N–H and O–H groups in total.